The lowest BCUT2D eigenvalue weighted by atomic mass is 10.0. The molecule has 4 nitrogen and oxygen atoms in total. The maximum atomic E-state index is 5.70. The van der Waals surface area contributed by atoms with Crippen LogP contribution in [0.3, 0.4) is 0 Å². The molecule has 0 aliphatic rings. The van der Waals surface area contributed by atoms with Gasteiger partial charge in [-0.15, -0.1) is 0 Å². The first-order valence-electron chi connectivity index (χ1n) is 6.10. The number of nitrogens with one attached hydrogen (secondary N) is 1. The van der Waals surface area contributed by atoms with Crippen molar-refractivity contribution in [2.75, 3.05) is 20.8 Å². The third-order valence-corrected chi connectivity index (χ3v) is 3.07. The second-order valence-electron chi connectivity index (χ2n) is 5.08. The largest absolute Gasteiger partial charge is 0.496 e. The molecule has 0 saturated heterocycles. The summed E-state index contributed by atoms with van der Waals surface area (Å²) in [4.78, 5) is 0. The molecule has 0 atom stereocenters. The molecule has 0 spiro atoms. The molecule has 3 N–H and O–H groups in total. The van der Waals surface area contributed by atoms with Gasteiger partial charge in [0.25, 0.3) is 0 Å². The van der Waals surface area contributed by atoms with Gasteiger partial charge < -0.3 is 20.5 Å². The summed E-state index contributed by atoms with van der Waals surface area (Å²) in [5, 5.41) is 3.41. The molecular weight excluding hydrogens is 228 g/mol. The van der Waals surface area contributed by atoms with Crippen molar-refractivity contribution in [1.29, 1.82) is 0 Å². The van der Waals surface area contributed by atoms with E-state index in [1.165, 1.54) is 0 Å². The van der Waals surface area contributed by atoms with Gasteiger partial charge in [-0.3, -0.25) is 0 Å². The van der Waals surface area contributed by atoms with Crippen LogP contribution >= 0.6 is 0 Å². The van der Waals surface area contributed by atoms with Crippen molar-refractivity contribution in [2.45, 2.75) is 32.9 Å². The zero-order chi connectivity index (χ0) is 13.8. The normalized spacial score (nSPS) is 11.4. The number of hydrogen-bond acceptors (Lipinski definition) is 4. The van der Waals surface area contributed by atoms with Gasteiger partial charge >= 0.3 is 0 Å². The molecule has 18 heavy (non-hydrogen) atoms. The van der Waals surface area contributed by atoms with Gasteiger partial charge in [0.1, 0.15) is 11.5 Å². The number of methoxy groups -OCH3 is 2. The van der Waals surface area contributed by atoms with Crippen LogP contribution in [0.5, 0.6) is 11.5 Å². The van der Waals surface area contributed by atoms with E-state index in [1.807, 2.05) is 19.1 Å². The Morgan fingerprint density at radius 2 is 1.78 bits per heavy atom. The van der Waals surface area contributed by atoms with Crippen molar-refractivity contribution < 1.29 is 9.47 Å². The second-order valence-corrected chi connectivity index (χ2v) is 5.08. The summed E-state index contributed by atoms with van der Waals surface area (Å²) in [6.07, 6.45) is 0. The Balaban J connectivity index is 2.93. The number of aryl methyl sites for hydroxylation is 1. The molecule has 0 heterocycles. The summed E-state index contributed by atoms with van der Waals surface area (Å²) >= 11 is 0. The molecule has 0 aromatic heterocycles. The van der Waals surface area contributed by atoms with Gasteiger partial charge in [0.05, 0.1) is 14.2 Å². The molecule has 1 rings (SSSR count). The van der Waals surface area contributed by atoms with Crippen LogP contribution in [0.2, 0.25) is 0 Å². The van der Waals surface area contributed by atoms with Gasteiger partial charge in [-0.1, -0.05) is 0 Å². The minimum atomic E-state index is -0.0941. The van der Waals surface area contributed by atoms with Crippen LogP contribution in [0.15, 0.2) is 12.1 Å². The van der Waals surface area contributed by atoms with Crippen molar-refractivity contribution in [1.82, 2.24) is 5.32 Å². The van der Waals surface area contributed by atoms with Crippen molar-refractivity contribution >= 4 is 0 Å². The van der Waals surface area contributed by atoms with Crippen LogP contribution in [-0.4, -0.2) is 26.3 Å². The first kappa shape index (κ1) is 14.8. The molecule has 102 valence electrons. The molecule has 0 saturated carbocycles. The quantitative estimate of drug-likeness (QED) is 0.811. The zero-order valence-electron chi connectivity index (χ0n) is 12.0. The molecule has 1 aromatic rings. The third kappa shape index (κ3) is 3.62. The number of nitrogens with two attached hydrogens (primary N) is 1. The molecule has 0 radical (unpaired) electrons. The van der Waals surface area contributed by atoms with Crippen LogP contribution in [0.4, 0.5) is 0 Å². The smallest absolute Gasteiger partial charge is 0.123 e. The van der Waals surface area contributed by atoms with Crippen molar-refractivity contribution in [3.05, 3.63) is 23.3 Å². The van der Waals surface area contributed by atoms with E-state index >= 15 is 0 Å². The lowest BCUT2D eigenvalue weighted by Gasteiger charge is -2.25. The fraction of sp³-hybridized carbons (Fsp3) is 0.571. The van der Waals surface area contributed by atoms with E-state index in [4.69, 9.17) is 15.2 Å². The highest BCUT2D eigenvalue weighted by Gasteiger charge is 2.16. The molecule has 0 aliphatic heterocycles. The lowest BCUT2D eigenvalue weighted by Crippen LogP contribution is -2.45. The fourth-order valence-electron chi connectivity index (χ4n) is 1.66. The van der Waals surface area contributed by atoms with E-state index in [-0.39, 0.29) is 5.54 Å². The standard InChI is InChI=1S/C14H24N2O2/c1-10-6-13(18-5)11(7-12(10)17-4)8-16-14(2,3)9-15/h6-7,16H,8-9,15H2,1-5H3. The van der Waals surface area contributed by atoms with Crippen LogP contribution in [-0.2, 0) is 6.54 Å². The lowest BCUT2D eigenvalue weighted by molar-refractivity contribution is 0.374. The van der Waals surface area contributed by atoms with Crippen LogP contribution in [0, 0.1) is 6.92 Å². The van der Waals surface area contributed by atoms with Gasteiger partial charge in [-0.25, -0.2) is 0 Å². The highest BCUT2D eigenvalue weighted by Crippen LogP contribution is 2.28. The average Bonchev–Trinajstić information content (AvgIpc) is 2.36. The second kappa shape index (κ2) is 6.07. The van der Waals surface area contributed by atoms with E-state index in [1.54, 1.807) is 14.2 Å². The molecule has 0 fully saturated rings. The average molecular weight is 252 g/mol. The number of rotatable bonds is 6. The summed E-state index contributed by atoms with van der Waals surface area (Å²) in [6.45, 7) is 7.43. The van der Waals surface area contributed by atoms with E-state index in [0.29, 0.717) is 13.1 Å². The molecule has 0 unspecified atom stereocenters. The molecule has 0 aliphatic carbocycles. The first-order valence-corrected chi connectivity index (χ1v) is 6.10. The predicted molar refractivity (Wildman–Crippen MR) is 74.3 cm³/mol. The Hall–Kier alpha value is -1.26. The van der Waals surface area contributed by atoms with Crippen molar-refractivity contribution in [3.8, 4) is 11.5 Å². The van der Waals surface area contributed by atoms with E-state index in [0.717, 1.165) is 22.6 Å². The number of hydrogen-bond donors (Lipinski definition) is 2. The highest BCUT2D eigenvalue weighted by molar-refractivity contribution is 5.45. The highest BCUT2D eigenvalue weighted by atomic mass is 16.5. The minimum absolute atomic E-state index is 0.0941. The molecule has 0 bridgehead atoms. The summed E-state index contributed by atoms with van der Waals surface area (Å²) < 4.78 is 10.7. The van der Waals surface area contributed by atoms with Crippen LogP contribution < -0.4 is 20.5 Å². The molecular formula is C14H24N2O2. The van der Waals surface area contributed by atoms with Gasteiger partial charge in [-0.2, -0.15) is 0 Å². The predicted octanol–water partition coefficient (Wildman–Crippen LogP) is 1.84. The van der Waals surface area contributed by atoms with Crippen molar-refractivity contribution in [3.63, 3.8) is 0 Å². The summed E-state index contributed by atoms with van der Waals surface area (Å²) in [5.41, 5.74) is 7.75. The Bertz CT molecular complexity index is 403. The van der Waals surface area contributed by atoms with Crippen molar-refractivity contribution in [2.24, 2.45) is 5.73 Å². The maximum Gasteiger partial charge on any atom is 0.123 e. The molecule has 0 amide bonds. The topological polar surface area (TPSA) is 56.5 Å². The van der Waals surface area contributed by atoms with Gasteiger partial charge in [0.15, 0.2) is 0 Å². The maximum absolute atomic E-state index is 5.70. The molecule has 4 heteroatoms. The zero-order valence-corrected chi connectivity index (χ0v) is 12.0. The summed E-state index contributed by atoms with van der Waals surface area (Å²) in [5.74, 6) is 1.74. The fourth-order valence-corrected chi connectivity index (χ4v) is 1.66. The van der Waals surface area contributed by atoms with Crippen LogP contribution in [0.25, 0.3) is 0 Å². The Morgan fingerprint density at radius 3 is 2.28 bits per heavy atom. The van der Waals surface area contributed by atoms with E-state index in [9.17, 15) is 0 Å². The summed E-state index contributed by atoms with van der Waals surface area (Å²) in [7, 11) is 3.36. The molecule has 1 aromatic carbocycles. The monoisotopic (exact) mass is 252 g/mol. The first-order chi connectivity index (χ1) is 8.43. The van der Waals surface area contributed by atoms with Gasteiger partial charge in [-0.05, 0) is 38.5 Å². The van der Waals surface area contributed by atoms with Gasteiger partial charge in [0, 0.05) is 24.2 Å². The van der Waals surface area contributed by atoms with E-state index in [2.05, 4.69) is 19.2 Å². The Labute approximate surface area is 109 Å². The Morgan fingerprint density at radius 1 is 1.17 bits per heavy atom. The van der Waals surface area contributed by atoms with E-state index < -0.39 is 0 Å². The third-order valence-electron chi connectivity index (χ3n) is 3.07. The summed E-state index contributed by atoms with van der Waals surface area (Å²) in [6, 6.07) is 4.00. The number of benzene rings is 1. The van der Waals surface area contributed by atoms with Crippen LogP contribution in [0.1, 0.15) is 25.0 Å². The SMILES string of the molecule is COc1cc(CNC(C)(C)CN)c(OC)cc1C. The minimum Gasteiger partial charge on any atom is -0.496 e. The Kier molecular flexibility index (Phi) is 4.99. The number of ether oxygens (including phenoxy) is 2. The van der Waals surface area contributed by atoms with Gasteiger partial charge in [0.2, 0.25) is 0 Å².